The van der Waals surface area contributed by atoms with Crippen LogP contribution in [0.5, 0.6) is 0 Å². The second-order valence-corrected chi connectivity index (χ2v) is 6.01. The third kappa shape index (κ3) is 4.96. The Morgan fingerprint density at radius 1 is 1.20 bits per heavy atom. The van der Waals surface area contributed by atoms with Crippen LogP contribution in [0.2, 0.25) is 0 Å². The summed E-state index contributed by atoms with van der Waals surface area (Å²) in [6.45, 7) is 11.6. The molecule has 0 amide bonds. The van der Waals surface area contributed by atoms with Gasteiger partial charge < -0.3 is 15.7 Å². The summed E-state index contributed by atoms with van der Waals surface area (Å²) in [5.74, 6) is 2.49. The van der Waals surface area contributed by atoms with Gasteiger partial charge in [0.05, 0.1) is 0 Å². The van der Waals surface area contributed by atoms with Crippen molar-refractivity contribution < 1.29 is 5.11 Å². The summed E-state index contributed by atoms with van der Waals surface area (Å²) in [4.78, 5) is 8.97. The van der Waals surface area contributed by atoms with E-state index in [0.717, 1.165) is 30.4 Å². The zero-order valence-electron chi connectivity index (χ0n) is 13.3. The number of aliphatic hydroxyl groups is 1. The molecule has 1 aromatic heterocycles. The van der Waals surface area contributed by atoms with Crippen LogP contribution < -0.4 is 10.6 Å². The number of aryl methyl sites for hydroxylation is 1. The highest BCUT2D eigenvalue weighted by molar-refractivity contribution is 5.48. The molecule has 3 N–H and O–H groups in total. The summed E-state index contributed by atoms with van der Waals surface area (Å²) >= 11 is 0. The van der Waals surface area contributed by atoms with E-state index in [1.165, 1.54) is 0 Å². The Balaban J connectivity index is 2.96. The first-order valence-corrected chi connectivity index (χ1v) is 7.39. The number of hydrogen-bond acceptors (Lipinski definition) is 5. The molecule has 0 fully saturated rings. The van der Waals surface area contributed by atoms with Crippen molar-refractivity contribution in [3.8, 4) is 0 Å². The highest BCUT2D eigenvalue weighted by atomic mass is 16.3. The molecule has 0 aliphatic rings. The van der Waals surface area contributed by atoms with Gasteiger partial charge >= 0.3 is 0 Å². The van der Waals surface area contributed by atoms with E-state index in [4.69, 9.17) is 0 Å². The van der Waals surface area contributed by atoms with Gasteiger partial charge in [-0.05, 0) is 18.8 Å². The minimum atomic E-state index is 0.0540. The minimum absolute atomic E-state index is 0.0540. The number of anilines is 2. The lowest BCUT2D eigenvalue weighted by Gasteiger charge is -2.31. The van der Waals surface area contributed by atoms with Gasteiger partial charge in [-0.15, -0.1) is 0 Å². The maximum absolute atomic E-state index is 9.23. The summed E-state index contributed by atoms with van der Waals surface area (Å²) in [7, 11) is 0. The molecule has 0 saturated carbocycles. The monoisotopic (exact) mass is 280 g/mol. The fourth-order valence-electron chi connectivity index (χ4n) is 2.03. The third-order valence-corrected chi connectivity index (χ3v) is 3.23. The summed E-state index contributed by atoms with van der Waals surface area (Å²) < 4.78 is 0. The summed E-state index contributed by atoms with van der Waals surface area (Å²) in [6.07, 6.45) is 1.50. The molecule has 0 saturated heterocycles. The molecule has 5 heteroatoms. The van der Waals surface area contributed by atoms with E-state index >= 15 is 0 Å². The Kier molecular flexibility index (Phi) is 6.20. The molecule has 1 heterocycles. The molecule has 20 heavy (non-hydrogen) atoms. The molecule has 0 aliphatic carbocycles. The quantitative estimate of drug-likeness (QED) is 0.716. The van der Waals surface area contributed by atoms with E-state index in [0.29, 0.717) is 6.42 Å². The van der Waals surface area contributed by atoms with Crippen molar-refractivity contribution in [1.82, 2.24) is 9.97 Å². The van der Waals surface area contributed by atoms with E-state index in [1.54, 1.807) is 0 Å². The molecule has 5 nitrogen and oxygen atoms in total. The van der Waals surface area contributed by atoms with Gasteiger partial charge in [0.15, 0.2) is 0 Å². The van der Waals surface area contributed by atoms with Crippen molar-refractivity contribution >= 4 is 11.6 Å². The molecule has 0 aliphatic heterocycles. The highest BCUT2D eigenvalue weighted by Crippen LogP contribution is 2.25. The Hall–Kier alpha value is -1.36. The van der Waals surface area contributed by atoms with Gasteiger partial charge in [-0.3, -0.25) is 0 Å². The minimum Gasteiger partial charge on any atom is -0.396 e. The third-order valence-electron chi connectivity index (χ3n) is 3.23. The van der Waals surface area contributed by atoms with Gasteiger partial charge in [-0.25, -0.2) is 9.97 Å². The number of nitrogens with zero attached hydrogens (tertiary/aromatic N) is 2. The zero-order chi connectivity index (χ0) is 15.2. The first-order chi connectivity index (χ1) is 9.40. The van der Waals surface area contributed by atoms with Crippen LogP contribution in [0.4, 0.5) is 11.6 Å². The molecule has 0 radical (unpaired) electrons. The molecule has 0 aromatic carbocycles. The van der Waals surface area contributed by atoms with Crippen LogP contribution in [-0.4, -0.2) is 34.3 Å². The molecule has 1 rings (SSSR count). The molecule has 1 unspecified atom stereocenters. The standard InChI is InChI=1S/C15H28N4O/c1-6-12-18-13(16-7-2)10-14(19-12)17-11(8-9-20)15(3,4)5/h10-11,20H,6-9H2,1-5H3,(H2,16,17,18,19). The van der Waals surface area contributed by atoms with E-state index in [9.17, 15) is 5.11 Å². The van der Waals surface area contributed by atoms with Gasteiger partial charge in [-0.2, -0.15) is 0 Å². The van der Waals surface area contributed by atoms with Crippen LogP contribution in [0, 0.1) is 5.41 Å². The van der Waals surface area contributed by atoms with Crippen molar-refractivity contribution in [2.75, 3.05) is 23.8 Å². The van der Waals surface area contributed by atoms with Crippen LogP contribution in [0.25, 0.3) is 0 Å². The van der Waals surface area contributed by atoms with E-state index in [1.807, 2.05) is 19.9 Å². The average molecular weight is 280 g/mol. The summed E-state index contributed by atoms with van der Waals surface area (Å²) in [5.41, 5.74) is 0.0540. The van der Waals surface area contributed by atoms with E-state index in [-0.39, 0.29) is 18.1 Å². The topological polar surface area (TPSA) is 70.1 Å². The zero-order valence-corrected chi connectivity index (χ0v) is 13.3. The normalized spacial score (nSPS) is 13.1. The SMILES string of the molecule is CCNc1cc(NC(CCO)C(C)(C)C)nc(CC)n1. The molecule has 114 valence electrons. The lowest BCUT2D eigenvalue weighted by atomic mass is 9.85. The predicted octanol–water partition coefficient (Wildman–Crippen LogP) is 2.68. The molecule has 0 spiro atoms. The Morgan fingerprint density at radius 2 is 1.85 bits per heavy atom. The molecule has 1 aromatic rings. The number of aliphatic hydroxyl groups excluding tert-OH is 1. The van der Waals surface area contributed by atoms with Crippen molar-refractivity contribution in [3.05, 3.63) is 11.9 Å². The second-order valence-electron chi connectivity index (χ2n) is 6.01. The molecule has 1 atom stereocenters. The largest absolute Gasteiger partial charge is 0.396 e. The van der Waals surface area contributed by atoms with E-state index in [2.05, 4.69) is 41.4 Å². The van der Waals surface area contributed by atoms with Gasteiger partial charge in [0, 0.05) is 31.7 Å². The van der Waals surface area contributed by atoms with Crippen LogP contribution >= 0.6 is 0 Å². The maximum Gasteiger partial charge on any atom is 0.132 e. The highest BCUT2D eigenvalue weighted by Gasteiger charge is 2.24. The van der Waals surface area contributed by atoms with Gasteiger partial charge in [-0.1, -0.05) is 27.7 Å². The van der Waals surface area contributed by atoms with E-state index < -0.39 is 0 Å². The lowest BCUT2D eigenvalue weighted by Crippen LogP contribution is -2.35. The van der Waals surface area contributed by atoms with Gasteiger partial charge in [0.1, 0.15) is 17.5 Å². The van der Waals surface area contributed by atoms with Crippen molar-refractivity contribution in [3.63, 3.8) is 0 Å². The van der Waals surface area contributed by atoms with Crippen molar-refractivity contribution in [2.24, 2.45) is 5.41 Å². The first kappa shape index (κ1) is 16.7. The number of rotatable bonds is 7. The number of aromatic nitrogens is 2. The fourth-order valence-corrected chi connectivity index (χ4v) is 2.03. The van der Waals surface area contributed by atoms with Crippen molar-refractivity contribution in [1.29, 1.82) is 0 Å². The Morgan fingerprint density at radius 3 is 2.35 bits per heavy atom. The summed E-state index contributed by atoms with van der Waals surface area (Å²) in [5, 5.41) is 15.9. The van der Waals surface area contributed by atoms with Crippen LogP contribution in [0.1, 0.15) is 46.9 Å². The molecular formula is C15H28N4O. The van der Waals surface area contributed by atoms with Crippen LogP contribution in [0.15, 0.2) is 6.07 Å². The van der Waals surface area contributed by atoms with Gasteiger partial charge in [0.25, 0.3) is 0 Å². The second kappa shape index (κ2) is 7.43. The smallest absolute Gasteiger partial charge is 0.132 e. The fraction of sp³-hybridized carbons (Fsp3) is 0.733. The average Bonchev–Trinajstić information content (AvgIpc) is 2.37. The van der Waals surface area contributed by atoms with Gasteiger partial charge in [0.2, 0.25) is 0 Å². The summed E-state index contributed by atoms with van der Waals surface area (Å²) in [6, 6.07) is 2.10. The molecular weight excluding hydrogens is 252 g/mol. The Bertz CT molecular complexity index is 415. The Labute approximate surface area is 122 Å². The lowest BCUT2D eigenvalue weighted by molar-refractivity contribution is 0.235. The molecule has 0 bridgehead atoms. The van der Waals surface area contributed by atoms with Crippen molar-refractivity contribution in [2.45, 2.75) is 53.5 Å². The predicted molar refractivity (Wildman–Crippen MR) is 84.1 cm³/mol. The number of nitrogens with one attached hydrogen (secondary N) is 2. The van der Waals surface area contributed by atoms with Crippen LogP contribution in [0.3, 0.4) is 0 Å². The number of hydrogen-bond donors (Lipinski definition) is 3. The maximum atomic E-state index is 9.23. The first-order valence-electron chi connectivity index (χ1n) is 7.39. The van der Waals surface area contributed by atoms with Crippen LogP contribution in [-0.2, 0) is 6.42 Å².